The summed E-state index contributed by atoms with van der Waals surface area (Å²) in [6, 6.07) is 18.7. The molecule has 0 heterocycles. The number of aliphatic hydroxyl groups excluding tert-OH is 2. The van der Waals surface area contributed by atoms with Gasteiger partial charge in [-0.25, -0.2) is 0 Å². The number of carbonyl (C=O) groups excluding carboxylic acids is 2. The van der Waals surface area contributed by atoms with Crippen molar-refractivity contribution in [3.05, 3.63) is 96.1 Å². The van der Waals surface area contributed by atoms with Gasteiger partial charge in [0.1, 0.15) is 23.4 Å². The third kappa shape index (κ3) is 8.87. The number of hydrazine groups is 1. The molecule has 0 radical (unpaired) electrons. The summed E-state index contributed by atoms with van der Waals surface area (Å²) in [5.74, 6) is -0.668. The zero-order valence-corrected chi connectivity index (χ0v) is 20.2. The van der Waals surface area contributed by atoms with Gasteiger partial charge in [-0.2, -0.15) is 0 Å². The first-order valence-electron chi connectivity index (χ1n) is 11.5. The summed E-state index contributed by atoms with van der Waals surface area (Å²) >= 11 is 0. The van der Waals surface area contributed by atoms with Crippen molar-refractivity contribution in [3.63, 3.8) is 0 Å². The summed E-state index contributed by atoms with van der Waals surface area (Å²) in [5.41, 5.74) is 6.92. The van der Waals surface area contributed by atoms with Crippen molar-refractivity contribution in [1.29, 1.82) is 0 Å². The number of phenolic OH excluding ortho intramolecular Hbond substituents is 2. The molecule has 0 saturated heterocycles. The highest BCUT2D eigenvalue weighted by molar-refractivity contribution is 6.16. The maximum atomic E-state index is 12.9. The van der Waals surface area contributed by atoms with Gasteiger partial charge in [-0.05, 0) is 71.8 Å². The fourth-order valence-electron chi connectivity index (χ4n) is 3.05. The van der Waals surface area contributed by atoms with Crippen LogP contribution in [0, 0.1) is 0 Å². The molecule has 0 unspecified atom stereocenters. The Balaban J connectivity index is 1.66. The molecule has 0 atom stereocenters. The second-order valence-electron chi connectivity index (χ2n) is 8.01. The molecule has 3 aromatic carbocycles. The van der Waals surface area contributed by atoms with Gasteiger partial charge in [-0.1, -0.05) is 36.4 Å². The average Bonchev–Trinajstić information content (AvgIpc) is 2.94. The standard InChI is InChI=1S/C28H28N2O8/c31-17-25(18-32)37-24-13-7-21(8-14-24)29-30-38-28(26(35)15-5-19-1-9-22(33)10-2-19)27(36)16-6-20-3-11-23(34)12-4-20/h1-16,25,28-34H,17-18H2/b15-5+,16-6+. The molecule has 6 N–H and O–H groups in total. The molecule has 0 amide bonds. The average molecular weight is 521 g/mol. The van der Waals surface area contributed by atoms with Gasteiger partial charge in [0.15, 0.2) is 11.6 Å². The minimum absolute atomic E-state index is 0.0840. The largest absolute Gasteiger partial charge is 0.508 e. The predicted octanol–water partition coefficient (Wildman–Crippen LogP) is 2.61. The molecule has 3 rings (SSSR count). The first-order chi connectivity index (χ1) is 18.4. The van der Waals surface area contributed by atoms with Crippen LogP contribution in [0.3, 0.4) is 0 Å². The molecule has 0 bridgehead atoms. The number of anilines is 1. The number of hydrogen-bond donors (Lipinski definition) is 6. The van der Waals surface area contributed by atoms with Gasteiger partial charge in [-0.3, -0.25) is 19.9 Å². The lowest BCUT2D eigenvalue weighted by molar-refractivity contribution is -0.141. The quantitative estimate of drug-likeness (QED) is 0.106. The molecule has 38 heavy (non-hydrogen) atoms. The number of rotatable bonds is 14. The Bertz CT molecular complexity index is 1170. The first-order valence-corrected chi connectivity index (χ1v) is 11.5. The van der Waals surface area contributed by atoms with Crippen molar-refractivity contribution in [1.82, 2.24) is 5.59 Å². The predicted molar refractivity (Wildman–Crippen MR) is 141 cm³/mol. The van der Waals surface area contributed by atoms with Crippen molar-refractivity contribution in [2.45, 2.75) is 12.2 Å². The van der Waals surface area contributed by atoms with Crippen molar-refractivity contribution in [2.24, 2.45) is 0 Å². The first kappa shape index (κ1) is 28.1. The lowest BCUT2D eigenvalue weighted by Gasteiger charge is -2.16. The van der Waals surface area contributed by atoms with E-state index in [4.69, 9.17) is 19.8 Å². The lowest BCUT2D eigenvalue weighted by atomic mass is 10.1. The molecule has 198 valence electrons. The van der Waals surface area contributed by atoms with Gasteiger partial charge < -0.3 is 25.2 Å². The molecular weight excluding hydrogens is 492 g/mol. The number of benzene rings is 3. The van der Waals surface area contributed by atoms with E-state index >= 15 is 0 Å². The van der Waals surface area contributed by atoms with E-state index in [0.717, 1.165) is 0 Å². The van der Waals surface area contributed by atoms with E-state index in [1.807, 2.05) is 0 Å². The molecule has 0 aliphatic rings. The molecule has 3 aromatic rings. The van der Waals surface area contributed by atoms with Crippen molar-refractivity contribution >= 4 is 29.4 Å². The molecule has 0 saturated carbocycles. The van der Waals surface area contributed by atoms with Crippen LogP contribution < -0.4 is 15.8 Å². The second kappa shape index (κ2) is 14.3. The van der Waals surface area contributed by atoms with E-state index in [0.29, 0.717) is 22.6 Å². The Morgan fingerprint density at radius 2 is 1.21 bits per heavy atom. The summed E-state index contributed by atoms with van der Waals surface area (Å²) in [7, 11) is 0. The summed E-state index contributed by atoms with van der Waals surface area (Å²) in [4.78, 5) is 31.1. The lowest BCUT2D eigenvalue weighted by Crippen LogP contribution is -2.38. The van der Waals surface area contributed by atoms with Crippen LogP contribution in [0.25, 0.3) is 12.2 Å². The van der Waals surface area contributed by atoms with E-state index < -0.39 is 23.8 Å². The zero-order chi connectivity index (χ0) is 27.3. The summed E-state index contributed by atoms with van der Waals surface area (Å²) in [6.07, 6.45) is 3.13. The van der Waals surface area contributed by atoms with Gasteiger partial charge >= 0.3 is 0 Å². The zero-order valence-electron chi connectivity index (χ0n) is 20.2. The molecule has 0 fully saturated rings. The van der Waals surface area contributed by atoms with Crippen LogP contribution in [-0.2, 0) is 14.4 Å². The number of aromatic hydroxyl groups is 2. The number of aliphatic hydroxyl groups is 2. The smallest absolute Gasteiger partial charge is 0.205 e. The molecule has 10 nitrogen and oxygen atoms in total. The SMILES string of the molecule is O=C(/C=C/c1ccc(O)cc1)C(ONNc1ccc(OC(CO)CO)cc1)C(=O)/C=C/c1ccc(O)cc1. The Labute approximate surface area is 219 Å². The fourth-order valence-corrected chi connectivity index (χ4v) is 3.05. The molecular formula is C28H28N2O8. The van der Waals surface area contributed by atoms with Crippen LogP contribution >= 0.6 is 0 Å². The second-order valence-corrected chi connectivity index (χ2v) is 8.01. The Hall–Kier alpha value is -4.48. The maximum absolute atomic E-state index is 12.9. The number of ketones is 2. The normalized spacial score (nSPS) is 11.5. The highest BCUT2D eigenvalue weighted by atomic mass is 16.7. The number of carbonyl (C=O) groups is 2. The minimum Gasteiger partial charge on any atom is -0.508 e. The van der Waals surface area contributed by atoms with E-state index in [9.17, 15) is 19.8 Å². The fraction of sp³-hybridized carbons (Fsp3) is 0.143. The third-order valence-corrected chi connectivity index (χ3v) is 5.12. The van der Waals surface area contributed by atoms with Crippen molar-refractivity contribution < 1.29 is 39.6 Å². The van der Waals surface area contributed by atoms with Crippen LogP contribution in [0.15, 0.2) is 84.9 Å². The Kier molecular flexibility index (Phi) is 10.6. The van der Waals surface area contributed by atoms with Crippen LogP contribution in [0.1, 0.15) is 11.1 Å². The summed E-state index contributed by atoms with van der Waals surface area (Å²) in [5, 5.41) is 37.1. The van der Waals surface area contributed by atoms with E-state index in [-0.39, 0.29) is 24.7 Å². The minimum atomic E-state index is -1.53. The van der Waals surface area contributed by atoms with Gasteiger partial charge in [0, 0.05) is 0 Å². The summed E-state index contributed by atoms with van der Waals surface area (Å²) in [6.45, 7) is -0.671. The topological polar surface area (TPSA) is 158 Å². The number of nitrogens with one attached hydrogen (secondary N) is 2. The van der Waals surface area contributed by atoms with Gasteiger partial charge in [0.25, 0.3) is 0 Å². The van der Waals surface area contributed by atoms with E-state index in [1.54, 1.807) is 48.5 Å². The summed E-state index contributed by atoms with van der Waals surface area (Å²) < 4.78 is 5.40. The van der Waals surface area contributed by atoms with Gasteiger partial charge in [0.05, 0.1) is 18.9 Å². The van der Waals surface area contributed by atoms with Crippen LogP contribution in [0.5, 0.6) is 17.2 Å². The van der Waals surface area contributed by atoms with Crippen molar-refractivity contribution in [3.8, 4) is 17.2 Å². The number of hydrogen-bond acceptors (Lipinski definition) is 10. The molecule has 0 aliphatic heterocycles. The Morgan fingerprint density at radius 3 is 1.66 bits per heavy atom. The van der Waals surface area contributed by atoms with Crippen molar-refractivity contribution in [2.75, 3.05) is 18.6 Å². The van der Waals surface area contributed by atoms with Crippen LogP contribution in [0.4, 0.5) is 5.69 Å². The van der Waals surface area contributed by atoms with Gasteiger partial charge in [0.2, 0.25) is 6.10 Å². The van der Waals surface area contributed by atoms with Crippen LogP contribution in [-0.4, -0.2) is 57.4 Å². The number of ether oxygens (including phenoxy) is 1. The van der Waals surface area contributed by atoms with E-state index in [1.165, 1.54) is 48.6 Å². The Morgan fingerprint density at radius 1 is 0.737 bits per heavy atom. The van der Waals surface area contributed by atoms with E-state index in [2.05, 4.69) is 11.0 Å². The number of phenols is 2. The highest BCUT2D eigenvalue weighted by Crippen LogP contribution is 2.17. The maximum Gasteiger partial charge on any atom is 0.205 e. The molecule has 10 heteroatoms. The molecule has 0 aromatic heterocycles. The highest BCUT2D eigenvalue weighted by Gasteiger charge is 2.24. The van der Waals surface area contributed by atoms with Gasteiger partial charge in [-0.15, -0.1) is 5.59 Å². The molecule has 0 spiro atoms. The van der Waals surface area contributed by atoms with Crippen LogP contribution in [0.2, 0.25) is 0 Å². The monoisotopic (exact) mass is 520 g/mol. The molecule has 0 aliphatic carbocycles. The third-order valence-electron chi connectivity index (χ3n) is 5.12.